The number of likely N-dealkylation sites (N-methyl/N-ethyl adjacent to an activating group) is 1. The van der Waals surface area contributed by atoms with Crippen LogP contribution in [0.3, 0.4) is 0 Å². The van der Waals surface area contributed by atoms with E-state index in [0.29, 0.717) is 66.6 Å². The van der Waals surface area contributed by atoms with Crippen molar-refractivity contribution in [1.29, 1.82) is 0 Å². The van der Waals surface area contributed by atoms with E-state index in [4.69, 9.17) is 14.2 Å². The molecule has 4 rings (SSSR count). The Kier molecular flexibility index (Phi) is 8.70. The average Bonchev–Trinajstić information content (AvgIpc) is 2.95. The summed E-state index contributed by atoms with van der Waals surface area (Å²) in [7, 11) is 4.62. The molecule has 2 heterocycles. The number of piperazine rings is 1. The minimum absolute atomic E-state index is 0.166. The number of amides is 3. The van der Waals surface area contributed by atoms with E-state index in [9.17, 15) is 18.8 Å². The number of methoxy groups -OCH3 is 2. The fourth-order valence-electron chi connectivity index (χ4n) is 4.87. The van der Waals surface area contributed by atoms with Gasteiger partial charge in [0.15, 0.2) is 11.5 Å². The van der Waals surface area contributed by atoms with Crippen molar-refractivity contribution in [2.45, 2.75) is 13.0 Å². The number of esters is 1. The lowest BCUT2D eigenvalue weighted by Crippen LogP contribution is -2.53. The highest BCUT2D eigenvalue weighted by molar-refractivity contribution is 5.96. The van der Waals surface area contributed by atoms with Gasteiger partial charge in [0, 0.05) is 56.6 Å². The summed E-state index contributed by atoms with van der Waals surface area (Å²) in [5.41, 5.74) is 1.80. The average molecular weight is 541 g/mol. The molecule has 0 spiro atoms. The van der Waals surface area contributed by atoms with Crippen molar-refractivity contribution in [1.82, 2.24) is 20.0 Å². The van der Waals surface area contributed by atoms with Gasteiger partial charge in [-0.1, -0.05) is 12.1 Å². The van der Waals surface area contributed by atoms with Gasteiger partial charge in [-0.05, 0) is 37.3 Å². The number of halogens is 1. The second kappa shape index (κ2) is 12.2. The van der Waals surface area contributed by atoms with Crippen molar-refractivity contribution >= 4 is 17.9 Å². The predicted molar refractivity (Wildman–Crippen MR) is 141 cm³/mol. The number of benzene rings is 2. The number of hydrogen-bond acceptors (Lipinski definition) is 7. The summed E-state index contributed by atoms with van der Waals surface area (Å²) in [6.07, 6.45) is 0. The number of hydrogen-bond donors (Lipinski definition) is 1. The molecule has 0 unspecified atom stereocenters. The first-order valence-electron chi connectivity index (χ1n) is 12.7. The molecule has 3 amide bonds. The molecule has 0 saturated carbocycles. The first-order chi connectivity index (χ1) is 18.8. The van der Waals surface area contributed by atoms with Gasteiger partial charge in [-0.15, -0.1) is 0 Å². The SMILES string of the molecule is CCOC(=O)C1=C(CN2CCN(C(=O)c3ccc(F)cc3)CC2)N(C)C(=O)N[C@@H]1c1cccc(OC)c1OC. The van der Waals surface area contributed by atoms with Crippen LogP contribution in [0.5, 0.6) is 11.5 Å². The van der Waals surface area contributed by atoms with Gasteiger partial charge in [-0.25, -0.2) is 14.0 Å². The van der Waals surface area contributed by atoms with E-state index >= 15 is 0 Å². The third kappa shape index (κ3) is 5.83. The van der Waals surface area contributed by atoms with Crippen LogP contribution in [-0.2, 0) is 9.53 Å². The Balaban J connectivity index is 1.62. The molecule has 1 saturated heterocycles. The molecule has 0 bridgehead atoms. The number of rotatable bonds is 8. The molecule has 0 aromatic heterocycles. The Morgan fingerprint density at radius 3 is 2.33 bits per heavy atom. The van der Waals surface area contributed by atoms with Crippen molar-refractivity contribution in [3.05, 3.63) is 70.7 Å². The van der Waals surface area contributed by atoms with E-state index in [1.807, 2.05) is 0 Å². The smallest absolute Gasteiger partial charge is 0.338 e. The van der Waals surface area contributed by atoms with Gasteiger partial charge in [0.25, 0.3) is 5.91 Å². The summed E-state index contributed by atoms with van der Waals surface area (Å²) in [6, 6.07) is 9.56. The molecule has 2 aromatic carbocycles. The maximum Gasteiger partial charge on any atom is 0.338 e. The zero-order valence-electron chi connectivity index (χ0n) is 22.5. The lowest BCUT2D eigenvalue weighted by atomic mass is 9.93. The number of carbonyl (C=O) groups is 3. The van der Waals surface area contributed by atoms with Gasteiger partial charge in [-0.3, -0.25) is 14.6 Å². The summed E-state index contributed by atoms with van der Waals surface area (Å²) >= 11 is 0. The highest BCUT2D eigenvalue weighted by Gasteiger charge is 2.39. The molecule has 2 aliphatic heterocycles. The zero-order chi connectivity index (χ0) is 28.1. The van der Waals surface area contributed by atoms with Crippen LogP contribution in [-0.4, -0.2) is 93.2 Å². The summed E-state index contributed by atoms with van der Waals surface area (Å²) in [5, 5.41) is 2.90. The van der Waals surface area contributed by atoms with E-state index < -0.39 is 17.8 Å². The van der Waals surface area contributed by atoms with Gasteiger partial charge >= 0.3 is 12.0 Å². The molecular weight excluding hydrogens is 507 g/mol. The van der Waals surface area contributed by atoms with Crippen molar-refractivity contribution in [2.75, 3.05) is 60.6 Å². The minimum Gasteiger partial charge on any atom is -0.493 e. The second-order valence-electron chi connectivity index (χ2n) is 9.18. The van der Waals surface area contributed by atoms with E-state index in [2.05, 4.69) is 10.2 Å². The summed E-state index contributed by atoms with van der Waals surface area (Å²) in [5.74, 6) is -0.230. The lowest BCUT2D eigenvalue weighted by molar-refractivity contribution is -0.139. The van der Waals surface area contributed by atoms with E-state index in [1.54, 1.807) is 37.1 Å². The number of nitrogens with one attached hydrogen (secondary N) is 1. The third-order valence-corrected chi connectivity index (χ3v) is 6.94. The number of ether oxygens (including phenoxy) is 3. The number of urea groups is 1. The van der Waals surface area contributed by atoms with Crippen LogP contribution in [0.4, 0.5) is 9.18 Å². The van der Waals surface area contributed by atoms with E-state index in [-0.39, 0.29) is 18.5 Å². The maximum atomic E-state index is 13.3. The summed E-state index contributed by atoms with van der Waals surface area (Å²) < 4.78 is 29.7. The molecule has 0 aliphatic carbocycles. The molecule has 0 radical (unpaired) electrons. The van der Waals surface area contributed by atoms with Crippen LogP contribution in [0.2, 0.25) is 0 Å². The molecule has 2 aromatic rings. The van der Waals surface area contributed by atoms with Crippen molar-refractivity contribution in [2.24, 2.45) is 0 Å². The van der Waals surface area contributed by atoms with Crippen LogP contribution < -0.4 is 14.8 Å². The predicted octanol–water partition coefficient (Wildman–Crippen LogP) is 2.81. The monoisotopic (exact) mass is 540 g/mol. The van der Waals surface area contributed by atoms with Crippen LogP contribution in [0, 0.1) is 5.82 Å². The molecule has 1 atom stereocenters. The largest absolute Gasteiger partial charge is 0.493 e. The van der Waals surface area contributed by atoms with Crippen molar-refractivity contribution in [3.8, 4) is 11.5 Å². The first-order valence-corrected chi connectivity index (χ1v) is 12.7. The fraction of sp³-hybridized carbons (Fsp3) is 0.393. The number of nitrogens with zero attached hydrogens (tertiary/aromatic N) is 3. The normalized spacial score (nSPS) is 18.1. The Morgan fingerprint density at radius 1 is 1.03 bits per heavy atom. The molecule has 1 fully saturated rings. The summed E-state index contributed by atoms with van der Waals surface area (Å²) in [4.78, 5) is 44.5. The Labute approximate surface area is 226 Å². The third-order valence-electron chi connectivity index (χ3n) is 6.94. The number of carbonyl (C=O) groups excluding carboxylic acids is 3. The van der Waals surface area contributed by atoms with E-state index in [1.165, 1.54) is 43.4 Å². The quantitative estimate of drug-likeness (QED) is 0.514. The Hall–Kier alpha value is -4.12. The zero-order valence-corrected chi connectivity index (χ0v) is 22.5. The molecule has 10 nitrogen and oxygen atoms in total. The Bertz CT molecular complexity index is 1260. The first kappa shape index (κ1) is 27.9. The Morgan fingerprint density at radius 2 is 1.72 bits per heavy atom. The van der Waals surface area contributed by atoms with Gasteiger partial charge in [0.05, 0.1) is 32.4 Å². The lowest BCUT2D eigenvalue weighted by Gasteiger charge is -2.39. The van der Waals surface area contributed by atoms with Gasteiger partial charge in [0.2, 0.25) is 0 Å². The maximum absolute atomic E-state index is 13.3. The highest BCUT2D eigenvalue weighted by Crippen LogP contribution is 2.40. The molecule has 1 N–H and O–H groups in total. The van der Waals surface area contributed by atoms with Gasteiger partial charge < -0.3 is 24.4 Å². The van der Waals surface area contributed by atoms with Crippen molar-refractivity contribution < 1.29 is 33.0 Å². The van der Waals surface area contributed by atoms with Gasteiger partial charge in [-0.2, -0.15) is 0 Å². The highest BCUT2D eigenvalue weighted by atomic mass is 19.1. The number of para-hydroxylation sites is 1. The molecule has 39 heavy (non-hydrogen) atoms. The topological polar surface area (TPSA) is 101 Å². The van der Waals surface area contributed by atoms with Crippen LogP contribution in [0.15, 0.2) is 53.7 Å². The second-order valence-corrected chi connectivity index (χ2v) is 9.18. The molecule has 11 heteroatoms. The standard InChI is InChI=1S/C28H33FN4O6/c1-5-39-27(35)23-21(17-32-13-15-33(16-14-32)26(34)18-9-11-19(29)12-10-18)31(2)28(36)30-24(23)20-7-6-8-22(37-3)25(20)38-4/h6-12,24H,5,13-17H2,1-4H3,(H,30,36)/t24-/m1/s1. The molecule has 2 aliphatic rings. The molecular formula is C28H33FN4O6. The van der Waals surface area contributed by atoms with Crippen LogP contribution in [0.25, 0.3) is 0 Å². The van der Waals surface area contributed by atoms with E-state index in [0.717, 1.165) is 0 Å². The summed E-state index contributed by atoms with van der Waals surface area (Å²) in [6.45, 7) is 4.12. The molecule has 208 valence electrons. The minimum atomic E-state index is -0.825. The fourth-order valence-corrected chi connectivity index (χ4v) is 4.87. The van der Waals surface area contributed by atoms with Crippen LogP contribution >= 0.6 is 0 Å². The van der Waals surface area contributed by atoms with Crippen molar-refractivity contribution in [3.63, 3.8) is 0 Å². The van der Waals surface area contributed by atoms with Gasteiger partial charge in [0.1, 0.15) is 5.82 Å². The van der Waals surface area contributed by atoms with Crippen LogP contribution in [0.1, 0.15) is 28.9 Å².